The van der Waals surface area contributed by atoms with Crippen molar-refractivity contribution in [1.29, 1.82) is 0 Å². The van der Waals surface area contributed by atoms with Crippen LogP contribution in [0.3, 0.4) is 0 Å². The molecule has 0 bridgehead atoms. The predicted octanol–water partition coefficient (Wildman–Crippen LogP) is 2.70. The summed E-state index contributed by atoms with van der Waals surface area (Å²) >= 11 is 0. The van der Waals surface area contributed by atoms with E-state index < -0.39 is 0 Å². The van der Waals surface area contributed by atoms with Crippen molar-refractivity contribution in [3.05, 3.63) is 53.6 Å². The van der Waals surface area contributed by atoms with E-state index in [1.165, 1.54) is 0 Å². The highest BCUT2D eigenvalue weighted by molar-refractivity contribution is 6.06. The minimum absolute atomic E-state index is 0.0291. The SMILES string of the molecule is CNc1ccc2c(c1C(=O)N(C)C)C1=CC=CC=CC1O2. The van der Waals surface area contributed by atoms with E-state index in [4.69, 9.17) is 4.74 Å². The number of benzene rings is 1. The smallest absolute Gasteiger partial charge is 0.256 e. The maximum absolute atomic E-state index is 12.6. The number of hydrogen-bond acceptors (Lipinski definition) is 3. The minimum atomic E-state index is -0.129. The molecule has 0 aromatic heterocycles. The second-order valence-corrected chi connectivity index (χ2v) is 5.24. The highest BCUT2D eigenvalue weighted by Gasteiger charge is 2.33. The average Bonchev–Trinajstić information content (AvgIpc) is 2.67. The topological polar surface area (TPSA) is 41.6 Å². The van der Waals surface area contributed by atoms with Gasteiger partial charge in [0.2, 0.25) is 0 Å². The van der Waals surface area contributed by atoms with Gasteiger partial charge in [-0.15, -0.1) is 0 Å². The van der Waals surface area contributed by atoms with Gasteiger partial charge in [0.15, 0.2) is 0 Å². The Morgan fingerprint density at radius 3 is 2.76 bits per heavy atom. The van der Waals surface area contributed by atoms with Crippen LogP contribution in [0, 0.1) is 0 Å². The van der Waals surface area contributed by atoms with Crippen LogP contribution in [-0.4, -0.2) is 38.1 Å². The lowest BCUT2D eigenvalue weighted by molar-refractivity contribution is 0.0828. The Labute approximate surface area is 124 Å². The van der Waals surface area contributed by atoms with Gasteiger partial charge in [-0.2, -0.15) is 0 Å². The quantitative estimate of drug-likeness (QED) is 0.907. The number of nitrogens with zero attached hydrogens (tertiary/aromatic N) is 1. The van der Waals surface area contributed by atoms with Gasteiger partial charge in [0.05, 0.1) is 5.56 Å². The molecule has 2 aliphatic rings. The van der Waals surface area contributed by atoms with Crippen molar-refractivity contribution in [3.8, 4) is 5.75 Å². The normalized spacial score (nSPS) is 18.2. The van der Waals surface area contributed by atoms with Gasteiger partial charge in [-0.1, -0.05) is 24.3 Å². The largest absolute Gasteiger partial charge is 0.481 e. The van der Waals surface area contributed by atoms with Gasteiger partial charge in [0, 0.05) is 38.0 Å². The zero-order valence-electron chi connectivity index (χ0n) is 12.4. The number of hydrogen-bond donors (Lipinski definition) is 1. The molecule has 0 fully saturated rings. The first-order chi connectivity index (χ1) is 10.1. The molecule has 4 heteroatoms. The van der Waals surface area contributed by atoms with Crippen LogP contribution in [0.15, 0.2) is 42.5 Å². The highest BCUT2D eigenvalue weighted by Crippen LogP contribution is 2.43. The minimum Gasteiger partial charge on any atom is -0.481 e. The van der Waals surface area contributed by atoms with E-state index in [0.29, 0.717) is 5.56 Å². The molecular weight excluding hydrogens is 264 g/mol. The lowest BCUT2D eigenvalue weighted by Crippen LogP contribution is -2.24. The van der Waals surface area contributed by atoms with Crippen molar-refractivity contribution < 1.29 is 9.53 Å². The fraction of sp³-hybridized carbons (Fsp3) is 0.235. The molecular formula is C17H18N2O2. The summed E-state index contributed by atoms with van der Waals surface area (Å²) in [6, 6.07) is 3.81. The molecule has 1 aromatic carbocycles. The second-order valence-electron chi connectivity index (χ2n) is 5.24. The predicted molar refractivity (Wildman–Crippen MR) is 84.7 cm³/mol. The molecule has 3 rings (SSSR count). The van der Waals surface area contributed by atoms with Crippen LogP contribution >= 0.6 is 0 Å². The van der Waals surface area contributed by atoms with Gasteiger partial charge >= 0.3 is 0 Å². The standard InChI is InChI=1S/C17H18N2O2/c1-18-12-9-10-14-15(16(12)17(20)19(2)3)11-7-5-4-6-8-13(11)21-14/h4-10,13,18H,1-3H3. The Hall–Kier alpha value is -2.49. The lowest BCUT2D eigenvalue weighted by Gasteiger charge is -2.17. The van der Waals surface area contributed by atoms with Crippen LogP contribution in [0.1, 0.15) is 15.9 Å². The van der Waals surface area contributed by atoms with E-state index in [2.05, 4.69) is 5.32 Å². The van der Waals surface area contributed by atoms with Crippen LogP contribution in [0.2, 0.25) is 0 Å². The Kier molecular flexibility index (Phi) is 3.29. The summed E-state index contributed by atoms with van der Waals surface area (Å²) < 4.78 is 5.97. The molecule has 1 aromatic rings. The Bertz CT molecular complexity index is 684. The van der Waals surface area contributed by atoms with E-state index in [1.807, 2.05) is 49.6 Å². The monoisotopic (exact) mass is 282 g/mol. The molecule has 1 amide bonds. The fourth-order valence-electron chi connectivity index (χ4n) is 2.67. The van der Waals surface area contributed by atoms with Gasteiger partial charge in [0.25, 0.3) is 5.91 Å². The number of nitrogens with one attached hydrogen (secondary N) is 1. The third kappa shape index (κ3) is 2.13. The number of anilines is 1. The maximum Gasteiger partial charge on any atom is 0.256 e. The van der Waals surface area contributed by atoms with Gasteiger partial charge in [-0.3, -0.25) is 4.79 Å². The van der Waals surface area contributed by atoms with Crippen LogP contribution < -0.4 is 10.1 Å². The fourth-order valence-corrected chi connectivity index (χ4v) is 2.67. The van der Waals surface area contributed by atoms with Crippen molar-refractivity contribution in [2.24, 2.45) is 0 Å². The van der Waals surface area contributed by atoms with Gasteiger partial charge in [-0.05, 0) is 18.2 Å². The van der Waals surface area contributed by atoms with Crippen molar-refractivity contribution in [3.63, 3.8) is 0 Å². The molecule has 1 atom stereocenters. The molecule has 0 saturated carbocycles. The lowest BCUT2D eigenvalue weighted by atomic mass is 9.95. The van der Waals surface area contributed by atoms with Crippen molar-refractivity contribution in [1.82, 2.24) is 4.90 Å². The second kappa shape index (κ2) is 5.13. The van der Waals surface area contributed by atoms with Crippen molar-refractivity contribution in [2.75, 3.05) is 26.5 Å². The summed E-state index contributed by atoms with van der Waals surface area (Å²) in [7, 11) is 5.34. The van der Waals surface area contributed by atoms with Crippen LogP contribution in [0.5, 0.6) is 5.75 Å². The number of carbonyl (C=O) groups is 1. The third-order valence-electron chi connectivity index (χ3n) is 3.69. The Morgan fingerprint density at radius 2 is 2.05 bits per heavy atom. The zero-order valence-corrected chi connectivity index (χ0v) is 12.4. The summed E-state index contributed by atoms with van der Waals surface area (Å²) in [4.78, 5) is 14.2. The summed E-state index contributed by atoms with van der Waals surface area (Å²) in [6.45, 7) is 0. The van der Waals surface area contributed by atoms with E-state index >= 15 is 0 Å². The van der Waals surface area contributed by atoms with Crippen LogP contribution in [-0.2, 0) is 0 Å². The molecule has 1 heterocycles. The van der Waals surface area contributed by atoms with Crippen molar-refractivity contribution >= 4 is 17.2 Å². The number of ether oxygens (including phenoxy) is 1. The molecule has 21 heavy (non-hydrogen) atoms. The van der Waals surface area contributed by atoms with Gasteiger partial charge in [-0.25, -0.2) is 0 Å². The van der Waals surface area contributed by atoms with Gasteiger partial charge < -0.3 is 15.0 Å². The van der Waals surface area contributed by atoms with E-state index in [-0.39, 0.29) is 12.0 Å². The molecule has 1 N–H and O–H groups in total. The zero-order chi connectivity index (χ0) is 15.0. The number of rotatable bonds is 2. The summed E-state index contributed by atoms with van der Waals surface area (Å²) in [6.07, 6.45) is 9.78. The molecule has 1 unspecified atom stereocenters. The summed E-state index contributed by atoms with van der Waals surface area (Å²) in [5.41, 5.74) is 3.39. The molecule has 0 saturated heterocycles. The molecule has 0 radical (unpaired) electrons. The first kappa shape index (κ1) is 13.5. The van der Waals surface area contributed by atoms with E-state index in [0.717, 1.165) is 22.6 Å². The molecule has 0 spiro atoms. The van der Waals surface area contributed by atoms with Gasteiger partial charge in [0.1, 0.15) is 11.9 Å². The number of amides is 1. The molecule has 108 valence electrons. The molecule has 1 aliphatic carbocycles. The summed E-state index contributed by atoms with van der Waals surface area (Å²) in [5, 5.41) is 3.11. The first-order valence-corrected chi connectivity index (χ1v) is 6.92. The number of allylic oxidation sites excluding steroid dienone is 4. The first-order valence-electron chi connectivity index (χ1n) is 6.92. The van der Waals surface area contributed by atoms with E-state index in [1.54, 1.807) is 19.0 Å². The average molecular weight is 282 g/mol. The van der Waals surface area contributed by atoms with Crippen molar-refractivity contribution in [2.45, 2.75) is 6.10 Å². The molecule has 1 aliphatic heterocycles. The third-order valence-corrected chi connectivity index (χ3v) is 3.69. The Morgan fingerprint density at radius 1 is 1.24 bits per heavy atom. The number of carbonyl (C=O) groups excluding carboxylic acids is 1. The highest BCUT2D eigenvalue weighted by atomic mass is 16.5. The molecule has 4 nitrogen and oxygen atoms in total. The maximum atomic E-state index is 12.6. The number of fused-ring (bicyclic) bond motifs is 3. The van der Waals surface area contributed by atoms with E-state index in [9.17, 15) is 4.79 Å². The summed E-state index contributed by atoms with van der Waals surface area (Å²) in [5.74, 6) is 0.731. The van der Waals surface area contributed by atoms with Crippen LogP contribution in [0.4, 0.5) is 5.69 Å². The van der Waals surface area contributed by atoms with Crippen LogP contribution in [0.25, 0.3) is 5.57 Å². The Balaban J connectivity index is 2.24.